The Labute approximate surface area is 118 Å². The molecule has 0 spiro atoms. The van der Waals surface area contributed by atoms with E-state index in [2.05, 4.69) is 5.32 Å². The van der Waals surface area contributed by atoms with Crippen molar-refractivity contribution in [1.29, 1.82) is 0 Å². The summed E-state index contributed by atoms with van der Waals surface area (Å²) in [6.45, 7) is 0.569. The fourth-order valence-electron chi connectivity index (χ4n) is 2.53. The molecule has 0 aromatic carbocycles. The third-order valence-electron chi connectivity index (χ3n) is 3.91. The molecule has 1 heterocycles. The van der Waals surface area contributed by atoms with Crippen molar-refractivity contribution < 1.29 is 19.5 Å². The standard InChI is InChI=1S/C14H22N2O4/c17-12(9-16-7-3-1-2-4-13(16)18)15-11(14(19)20)8-10-5-6-10/h10-11H,1-9H2,(H,15,17)(H,19,20). The van der Waals surface area contributed by atoms with Crippen LogP contribution in [0.5, 0.6) is 0 Å². The van der Waals surface area contributed by atoms with Crippen molar-refractivity contribution in [3.05, 3.63) is 0 Å². The van der Waals surface area contributed by atoms with Crippen LogP contribution in [0.4, 0.5) is 0 Å². The van der Waals surface area contributed by atoms with Gasteiger partial charge in [0.2, 0.25) is 11.8 Å². The van der Waals surface area contributed by atoms with E-state index in [1.54, 1.807) is 4.90 Å². The number of rotatable bonds is 6. The van der Waals surface area contributed by atoms with Gasteiger partial charge in [0.25, 0.3) is 0 Å². The maximum absolute atomic E-state index is 11.9. The van der Waals surface area contributed by atoms with Crippen molar-refractivity contribution in [2.45, 2.75) is 51.0 Å². The zero-order valence-corrected chi connectivity index (χ0v) is 11.6. The zero-order chi connectivity index (χ0) is 14.5. The van der Waals surface area contributed by atoms with Crippen LogP contribution in [0.25, 0.3) is 0 Å². The van der Waals surface area contributed by atoms with E-state index in [-0.39, 0.29) is 18.4 Å². The molecule has 0 aromatic rings. The van der Waals surface area contributed by atoms with Gasteiger partial charge in [-0.3, -0.25) is 9.59 Å². The lowest BCUT2D eigenvalue weighted by atomic mass is 10.1. The molecule has 2 rings (SSSR count). The van der Waals surface area contributed by atoms with Gasteiger partial charge in [-0.15, -0.1) is 0 Å². The number of nitrogens with one attached hydrogen (secondary N) is 1. The molecule has 2 aliphatic rings. The Morgan fingerprint density at radius 2 is 2.05 bits per heavy atom. The topological polar surface area (TPSA) is 86.7 Å². The molecule has 1 unspecified atom stereocenters. The van der Waals surface area contributed by atoms with E-state index in [0.29, 0.717) is 25.3 Å². The number of amides is 2. The fourth-order valence-corrected chi connectivity index (χ4v) is 2.53. The third-order valence-corrected chi connectivity index (χ3v) is 3.91. The minimum absolute atomic E-state index is 0.00767. The average molecular weight is 282 g/mol. The lowest BCUT2D eigenvalue weighted by Crippen LogP contribution is -2.47. The predicted octanol–water partition coefficient (Wildman–Crippen LogP) is 0.758. The van der Waals surface area contributed by atoms with Crippen LogP contribution in [0.15, 0.2) is 0 Å². The molecule has 112 valence electrons. The largest absolute Gasteiger partial charge is 0.480 e. The number of carboxylic acid groups (broad SMARTS) is 1. The quantitative estimate of drug-likeness (QED) is 0.753. The first-order valence-corrected chi connectivity index (χ1v) is 7.36. The summed E-state index contributed by atoms with van der Waals surface area (Å²) < 4.78 is 0. The van der Waals surface area contributed by atoms with E-state index < -0.39 is 12.0 Å². The van der Waals surface area contributed by atoms with Crippen LogP contribution < -0.4 is 5.32 Å². The number of carbonyl (C=O) groups is 3. The van der Waals surface area contributed by atoms with Gasteiger partial charge in [-0.2, -0.15) is 0 Å². The molecular formula is C14H22N2O4. The van der Waals surface area contributed by atoms with Crippen LogP contribution >= 0.6 is 0 Å². The van der Waals surface area contributed by atoms with Crippen molar-refractivity contribution in [2.75, 3.05) is 13.1 Å². The van der Waals surface area contributed by atoms with Gasteiger partial charge in [-0.25, -0.2) is 4.79 Å². The van der Waals surface area contributed by atoms with Crippen LogP contribution in [0.1, 0.15) is 44.9 Å². The highest BCUT2D eigenvalue weighted by atomic mass is 16.4. The average Bonchev–Trinajstić information content (AvgIpc) is 3.19. The summed E-state index contributed by atoms with van der Waals surface area (Å²) in [5.74, 6) is -0.941. The Morgan fingerprint density at radius 3 is 2.70 bits per heavy atom. The second-order valence-electron chi connectivity index (χ2n) is 5.76. The maximum atomic E-state index is 11.9. The van der Waals surface area contributed by atoms with Gasteiger partial charge in [0.1, 0.15) is 6.04 Å². The van der Waals surface area contributed by atoms with E-state index in [1.165, 1.54) is 0 Å². The Hall–Kier alpha value is -1.59. The Kier molecular flexibility index (Phi) is 4.98. The lowest BCUT2D eigenvalue weighted by Gasteiger charge is -2.21. The molecule has 20 heavy (non-hydrogen) atoms. The van der Waals surface area contributed by atoms with E-state index in [4.69, 9.17) is 5.11 Å². The van der Waals surface area contributed by atoms with E-state index in [9.17, 15) is 14.4 Å². The van der Waals surface area contributed by atoms with Gasteiger partial charge in [0.05, 0.1) is 6.54 Å². The minimum atomic E-state index is -0.993. The second kappa shape index (κ2) is 6.72. The summed E-state index contributed by atoms with van der Waals surface area (Å²) in [6, 6.07) is -0.822. The number of carbonyl (C=O) groups excluding carboxylic acids is 2. The van der Waals surface area contributed by atoms with Gasteiger partial charge in [0.15, 0.2) is 0 Å². The number of carboxylic acids is 1. The Bertz CT molecular complexity index is 387. The van der Waals surface area contributed by atoms with Crippen LogP contribution in [-0.4, -0.2) is 46.9 Å². The van der Waals surface area contributed by atoms with Crippen molar-refractivity contribution in [3.63, 3.8) is 0 Å². The molecule has 6 nitrogen and oxygen atoms in total. The van der Waals surface area contributed by atoms with E-state index in [1.807, 2.05) is 0 Å². The first-order valence-electron chi connectivity index (χ1n) is 7.36. The van der Waals surface area contributed by atoms with Crippen LogP contribution in [0.2, 0.25) is 0 Å². The van der Waals surface area contributed by atoms with Crippen molar-refractivity contribution in [2.24, 2.45) is 5.92 Å². The molecule has 0 aromatic heterocycles. The summed E-state index contributed by atoms with van der Waals surface area (Å²) in [4.78, 5) is 36.4. The minimum Gasteiger partial charge on any atom is -0.480 e. The highest BCUT2D eigenvalue weighted by Crippen LogP contribution is 2.33. The number of nitrogens with zero attached hydrogens (tertiary/aromatic N) is 1. The van der Waals surface area contributed by atoms with Gasteiger partial charge >= 0.3 is 5.97 Å². The molecule has 2 fully saturated rings. The summed E-state index contributed by atoms with van der Waals surface area (Å²) in [6.07, 6.45) is 5.85. The fraction of sp³-hybridized carbons (Fsp3) is 0.786. The first kappa shape index (κ1) is 14.8. The third kappa shape index (κ3) is 4.51. The lowest BCUT2D eigenvalue weighted by molar-refractivity contribution is -0.142. The van der Waals surface area contributed by atoms with Crippen molar-refractivity contribution in [3.8, 4) is 0 Å². The van der Waals surface area contributed by atoms with Gasteiger partial charge in [-0.05, 0) is 25.2 Å². The Morgan fingerprint density at radius 1 is 1.30 bits per heavy atom. The summed E-state index contributed by atoms with van der Waals surface area (Å²) in [5.41, 5.74) is 0. The summed E-state index contributed by atoms with van der Waals surface area (Å²) >= 11 is 0. The maximum Gasteiger partial charge on any atom is 0.326 e. The van der Waals surface area contributed by atoms with Crippen molar-refractivity contribution >= 4 is 17.8 Å². The van der Waals surface area contributed by atoms with Crippen LogP contribution in [0, 0.1) is 5.92 Å². The first-order chi connectivity index (χ1) is 9.56. The predicted molar refractivity (Wildman–Crippen MR) is 72.0 cm³/mol. The highest BCUT2D eigenvalue weighted by Gasteiger charge is 2.30. The van der Waals surface area contributed by atoms with E-state index in [0.717, 1.165) is 32.1 Å². The Balaban J connectivity index is 1.82. The number of hydrogen-bond acceptors (Lipinski definition) is 3. The number of likely N-dealkylation sites (tertiary alicyclic amines) is 1. The van der Waals surface area contributed by atoms with E-state index >= 15 is 0 Å². The van der Waals surface area contributed by atoms with Gasteiger partial charge < -0.3 is 15.3 Å². The molecule has 1 saturated carbocycles. The molecule has 1 aliphatic carbocycles. The summed E-state index contributed by atoms with van der Waals surface area (Å²) in [5, 5.41) is 11.7. The second-order valence-corrected chi connectivity index (χ2v) is 5.76. The molecule has 1 atom stereocenters. The van der Waals surface area contributed by atoms with Gasteiger partial charge in [0, 0.05) is 13.0 Å². The van der Waals surface area contributed by atoms with Crippen LogP contribution in [0.3, 0.4) is 0 Å². The monoisotopic (exact) mass is 282 g/mol. The SMILES string of the molecule is O=C(CN1CCCCCC1=O)NC(CC1CC1)C(=O)O. The molecule has 1 aliphatic heterocycles. The molecule has 0 bridgehead atoms. The molecule has 6 heteroatoms. The molecular weight excluding hydrogens is 260 g/mol. The number of hydrogen-bond donors (Lipinski definition) is 2. The number of aliphatic carboxylic acids is 1. The summed E-state index contributed by atoms with van der Waals surface area (Å²) in [7, 11) is 0. The smallest absolute Gasteiger partial charge is 0.326 e. The van der Waals surface area contributed by atoms with Crippen molar-refractivity contribution in [1.82, 2.24) is 10.2 Å². The highest BCUT2D eigenvalue weighted by molar-refractivity contribution is 5.88. The molecule has 1 saturated heterocycles. The molecule has 0 radical (unpaired) electrons. The molecule has 2 N–H and O–H groups in total. The zero-order valence-electron chi connectivity index (χ0n) is 11.6. The molecule has 2 amide bonds. The van der Waals surface area contributed by atoms with Crippen LogP contribution in [-0.2, 0) is 14.4 Å². The normalized spacial score (nSPS) is 21.2. The van der Waals surface area contributed by atoms with Gasteiger partial charge in [-0.1, -0.05) is 19.3 Å².